The van der Waals surface area contributed by atoms with E-state index in [-0.39, 0.29) is 10.7 Å². The van der Waals surface area contributed by atoms with Crippen molar-refractivity contribution >= 4 is 11.6 Å². The summed E-state index contributed by atoms with van der Waals surface area (Å²) >= 11 is 5.59. The van der Waals surface area contributed by atoms with Gasteiger partial charge < -0.3 is 9.09 Å². The molecule has 0 radical (unpaired) electrons. The van der Waals surface area contributed by atoms with Gasteiger partial charge in [0.2, 0.25) is 0 Å². The zero-order valence-electron chi connectivity index (χ0n) is 7.98. The second-order valence-electron chi connectivity index (χ2n) is 3.09. The largest absolute Gasteiger partial charge is 0.359 e. The molecule has 0 aliphatic heterocycles. The number of rotatable bonds is 2. The van der Waals surface area contributed by atoms with Crippen molar-refractivity contribution < 1.29 is 4.52 Å². The van der Waals surface area contributed by atoms with Gasteiger partial charge in [0.05, 0.1) is 12.2 Å². The number of hydrogen-bond acceptors (Lipinski definition) is 4. The molecule has 2 aromatic heterocycles. The van der Waals surface area contributed by atoms with Gasteiger partial charge in [-0.15, -0.1) is 0 Å². The molecule has 2 aromatic rings. The van der Waals surface area contributed by atoms with Crippen LogP contribution >= 0.6 is 11.6 Å². The third-order valence-corrected chi connectivity index (χ3v) is 2.13. The fourth-order valence-corrected chi connectivity index (χ4v) is 1.37. The average molecular weight is 226 g/mol. The van der Waals surface area contributed by atoms with E-state index in [0.29, 0.717) is 12.3 Å². The quantitative estimate of drug-likeness (QED) is 0.772. The first-order chi connectivity index (χ1) is 7.16. The molecule has 0 aliphatic rings. The van der Waals surface area contributed by atoms with Crippen LogP contribution < -0.4 is 5.56 Å². The molecule has 15 heavy (non-hydrogen) atoms. The summed E-state index contributed by atoms with van der Waals surface area (Å²) in [5.41, 5.74) is 0.437. The Morgan fingerprint density at radius 1 is 1.60 bits per heavy atom. The van der Waals surface area contributed by atoms with E-state index in [9.17, 15) is 4.79 Å². The van der Waals surface area contributed by atoms with Crippen LogP contribution in [0.2, 0.25) is 5.15 Å². The van der Waals surface area contributed by atoms with E-state index in [1.165, 1.54) is 10.8 Å². The van der Waals surface area contributed by atoms with Gasteiger partial charge >= 0.3 is 0 Å². The Morgan fingerprint density at radius 2 is 2.40 bits per heavy atom. The van der Waals surface area contributed by atoms with E-state index < -0.39 is 0 Å². The summed E-state index contributed by atoms with van der Waals surface area (Å²) in [5, 5.41) is 3.68. The lowest BCUT2D eigenvalue weighted by molar-refractivity contribution is 0.371. The van der Waals surface area contributed by atoms with E-state index in [2.05, 4.69) is 10.1 Å². The predicted octanol–water partition coefficient (Wildman–Crippen LogP) is 1.24. The third-order valence-electron chi connectivity index (χ3n) is 1.87. The summed E-state index contributed by atoms with van der Waals surface area (Å²) in [7, 11) is 0. The average Bonchev–Trinajstić information content (AvgIpc) is 2.59. The molecule has 0 spiro atoms. The van der Waals surface area contributed by atoms with Crippen LogP contribution in [0.4, 0.5) is 0 Å². The van der Waals surface area contributed by atoms with Gasteiger partial charge in [-0.3, -0.25) is 4.79 Å². The fourth-order valence-electron chi connectivity index (χ4n) is 1.20. The van der Waals surface area contributed by atoms with Crippen molar-refractivity contribution in [2.45, 2.75) is 13.5 Å². The minimum atomic E-state index is -0.340. The number of nitrogens with zero attached hydrogens (tertiary/aromatic N) is 3. The number of aryl methyl sites for hydroxylation is 1. The van der Waals surface area contributed by atoms with Crippen LogP contribution in [0.5, 0.6) is 0 Å². The zero-order chi connectivity index (χ0) is 10.8. The molecule has 0 bridgehead atoms. The molecule has 0 N–H and O–H groups in total. The van der Waals surface area contributed by atoms with E-state index in [0.717, 1.165) is 5.69 Å². The van der Waals surface area contributed by atoms with E-state index in [1.54, 1.807) is 12.3 Å². The number of halogens is 1. The first-order valence-corrected chi connectivity index (χ1v) is 4.68. The van der Waals surface area contributed by atoms with Gasteiger partial charge in [0, 0.05) is 18.5 Å². The number of aromatic nitrogens is 3. The molecule has 0 amide bonds. The van der Waals surface area contributed by atoms with Crippen molar-refractivity contribution in [2.24, 2.45) is 0 Å². The second-order valence-corrected chi connectivity index (χ2v) is 3.44. The van der Waals surface area contributed by atoms with Gasteiger partial charge in [-0.25, -0.2) is 4.98 Å². The van der Waals surface area contributed by atoms with Crippen molar-refractivity contribution in [1.29, 1.82) is 0 Å². The molecule has 6 heteroatoms. The molecular weight excluding hydrogens is 218 g/mol. The van der Waals surface area contributed by atoms with Gasteiger partial charge in [0.25, 0.3) is 5.56 Å². The molecule has 0 saturated heterocycles. The lowest BCUT2D eigenvalue weighted by atomic mass is 10.4. The third kappa shape index (κ3) is 2.07. The highest BCUT2D eigenvalue weighted by Gasteiger charge is 2.05. The number of hydrogen-bond donors (Lipinski definition) is 0. The van der Waals surface area contributed by atoms with Gasteiger partial charge in [0.15, 0.2) is 10.9 Å². The summed E-state index contributed by atoms with van der Waals surface area (Å²) < 4.78 is 6.40. The molecule has 0 aromatic carbocycles. The van der Waals surface area contributed by atoms with Crippen LogP contribution in [0.25, 0.3) is 0 Å². The smallest absolute Gasteiger partial charge is 0.288 e. The van der Waals surface area contributed by atoms with Crippen LogP contribution in [0.1, 0.15) is 11.5 Å². The zero-order valence-corrected chi connectivity index (χ0v) is 8.73. The molecule has 0 unspecified atom stereocenters. The van der Waals surface area contributed by atoms with Crippen molar-refractivity contribution in [3.63, 3.8) is 0 Å². The van der Waals surface area contributed by atoms with E-state index >= 15 is 0 Å². The molecule has 0 aliphatic carbocycles. The topological polar surface area (TPSA) is 60.9 Å². The van der Waals surface area contributed by atoms with Crippen molar-refractivity contribution in [1.82, 2.24) is 14.7 Å². The van der Waals surface area contributed by atoms with Crippen LogP contribution in [-0.4, -0.2) is 14.7 Å². The van der Waals surface area contributed by atoms with Crippen molar-refractivity contribution in [3.8, 4) is 0 Å². The summed E-state index contributed by atoms with van der Waals surface area (Å²) in [5.74, 6) is 0.608. The SMILES string of the molecule is Cc1cc(Cn2ccnc(Cl)c2=O)on1. The maximum absolute atomic E-state index is 11.5. The van der Waals surface area contributed by atoms with Crippen molar-refractivity contribution in [2.75, 3.05) is 0 Å². The Kier molecular flexibility index (Phi) is 2.55. The van der Waals surface area contributed by atoms with Crippen molar-refractivity contribution in [3.05, 3.63) is 45.4 Å². The second kappa shape index (κ2) is 3.86. The summed E-state index contributed by atoms with van der Waals surface area (Å²) in [6.45, 7) is 2.12. The first-order valence-electron chi connectivity index (χ1n) is 4.30. The molecule has 0 atom stereocenters. The Labute approximate surface area is 90.3 Å². The predicted molar refractivity (Wildman–Crippen MR) is 53.8 cm³/mol. The van der Waals surface area contributed by atoms with Crippen LogP contribution in [0.15, 0.2) is 27.8 Å². The molecule has 5 nitrogen and oxygen atoms in total. The van der Waals surface area contributed by atoms with E-state index in [4.69, 9.17) is 16.1 Å². The first kappa shape index (κ1) is 9.92. The minimum absolute atomic E-state index is 0.0475. The minimum Gasteiger partial charge on any atom is -0.359 e. The van der Waals surface area contributed by atoms with Crippen LogP contribution in [0, 0.1) is 6.92 Å². The fraction of sp³-hybridized carbons (Fsp3) is 0.222. The highest BCUT2D eigenvalue weighted by atomic mass is 35.5. The Hall–Kier alpha value is -1.62. The summed E-state index contributed by atoms with van der Waals surface area (Å²) in [4.78, 5) is 15.2. The maximum Gasteiger partial charge on any atom is 0.288 e. The summed E-state index contributed by atoms with van der Waals surface area (Å²) in [6.07, 6.45) is 3.01. The lowest BCUT2D eigenvalue weighted by Gasteiger charge is -2.00. The normalized spacial score (nSPS) is 10.5. The van der Waals surface area contributed by atoms with E-state index in [1.807, 2.05) is 6.92 Å². The van der Waals surface area contributed by atoms with Gasteiger partial charge in [-0.1, -0.05) is 16.8 Å². The molecule has 2 heterocycles. The van der Waals surface area contributed by atoms with Crippen LogP contribution in [-0.2, 0) is 6.54 Å². The van der Waals surface area contributed by atoms with Gasteiger partial charge in [-0.2, -0.15) is 0 Å². The monoisotopic (exact) mass is 225 g/mol. The lowest BCUT2D eigenvalue weighted by Crippen LogP contribution is -2.20. The van der Waals surface area contributed by atoms with Gasteiger partial charge in [-0.05, 0) is 6.92 Å². The maximum atomic E-state index is 11.5. The Morgan fingerprint density at radius 3 is 3.07 bits per heavy atom. The molecular formula is C9H8ClN3O2. The molecule has 0 saturated carbocycles. The Bertz CT molecular complexity index is 532. The summed E-state index contributed by atoms with van der Waals surface area (Å²) in [6, 6.07) is 1.76. The highest BCUT2D eigenvalue weighted by molar-refractivity contribution is 6.29. The standard InChI is InChI=1S/C9H8ClN3O2/c1-6-4-7(15-12-6)5-13-3-2-11-8(10)9(13)14/h2-4H,5H2,1H3. The Balaban J connectivity index is 2.32. The van der Waals surface area contributed by atoms with Crippen LogP contribution in [0.3, 0.4) is 0 Å². The molecule has 0 fully saturated rings. The van der Waals surface area contributed by atoms with Gasteiger partial charge in [0.1, 0.15) is 0 Å². The highest BCUT2D eigenvalue weighted by Crippen LogP contribution is 2.04. The molecule has 78 valence electrons. The molecule has 2 rings (SSSR count).